The molecule has 0 aliphatic heterocycles. The molecule has 0 heterocycles. The first-order valence-electron chi connectivity index (χ1n) is 3.97. The molecule has 0 unspecified atom stereocenters. The van der Waals surface area contributed by atoms with Gasteiger partial charge < -0.3 is 5.73 Å². The molecule has 1 aliphatic rings. The zero-order valence-corrected chi connectivity index (χ0v) is 6.48. The van der Waals surface area contributed by atoms with Crippen LogP contribution >= 0.6 is 0 Å². The molecular formula is C8H17N. The van der Waals surface area contributed by atoms with Gasteiger partial charge >= 0.3 is 0 Å². The first-order valence-corrected chi connectivity index (χ1v) is 3.97. The van der Waals surface area contributed by atoms with E-state index in [1.807, 2.05) is 0 Å². The number of rotatable bonds is 2. The van der Waals surface area contributed by atoms with Crippen molar-refractivity contribution in [3.05, 3.63) is 0 Å². The maximum absolute atomic E-state index is 5.84. The van der Waals surface area contributed by atoms with Gasteiger partial charge in [0.2, 0.25) is 0 Å². The highest BCUT2D eigenvalue weighted by molar-refractivity contribution is 4.92. The van der Waals surface area contributed by atoms with Crippen LogP contribution in [0.5, 0.6) is 0 Å². The van der Waals surface area contributed by atoms with E-state index in [9.17, 15) is 0 Å². The van der Waals surface area contributed by atoms with Gasteiger partial charge in [-0.25, -0.2) is 0 Å². The summed E-state index contributed by atoms with van der Waals surface area (Å²) in [5.41, 5.74) is 6.38. The van der Waals surface area contributed by atoms with E-state index < -0.39 is 0 Å². The summed E-state index contributed by atoms with van der Waals surface area (Å²) in [5, 5.41) is 0. The van der Waals surface area contributed by atoms with Crippen LogP contribution in [0.2, 0.25) is 0 Å². The Balaban J connectivity index is 2.46. The van der Waals surface area contributed by atoms with Crippen molar-refractivity contribution in [3.8, 4) is 0 Å². The van der Waals surface area contributed by atoms with Gasteiger partial charge in [-0.3, -0.25) is 0 Å². The SMILES string of the molecule is CCC1([C@H](C)N)CCC1. The zero-order chi connectivity index (χ0) is 6.91. The summed E-state index contributed by atoms with van der Waals surface area (Å²) in [5.74, 6) is 0. The third-order valence-corrected chi connectivity index (χ3v) is 3.02. The van der Waals surface area contributed by atoms with Gasteiger partial charge in [0.1, 0.15) is 0 Å². The van der Waals surface area contributed by atoms with E-state index in [2.05, 4.69) is 13.8 Å². The molecule has 0 bridgehead atoms. The maximum atomic E-state index is 5.84. The number of hydrogen-bond donors (Lipinski definition) is 1. The lowest BCUT2D eigenvalue weighted by molar-refractivity contribution is 0.0964. The van der Waals surface area contributed by atoms with Crippen LogP contribution in [0, 0.1) is 5.41 Å². The van der Waals surface area contributed by atoms with E-state index in [1.54, 1.807) is 0 Å². The van der Waals surface area contributed by atoms with E-state index in [-0.39, 0.29) is 0 Å². The fourth-order valence-corrected chi connectivity index (χ4v) is 1.76. The van der Waals surface area contributed by atoms with Crippen molar-refractivity contribution in [3.63, 3.8) is 0 Å². The summed E-state index contributed by atoms with van der Waals surface area (Å²) in [4.78, 5) is 0. The van der Waals surface area contributed by atoms with Crippen molar-refractivity contribution in [2.45, 2.75) is 45.6 Å². The van der Waals surface area contributed by atoms with Crippen LogP contribution in [-0.2, 0) is 0 Å². The third kappa shape index (κ3) is 0.983. The summed E-state index contributed by atoms with van der Waals surface area (Å²) in [6.45, 7) is 4.39. The molecule has 1 rings (SSSR count). The minimum Gasteiger partial charge on any atom is -0.327 e. The van der Waals surface area contributed by atoms with E-state index >= 15 is 0 Å². The van der Waals surface area contributed by atoms with Crippen LogP contribution < -0.4 is 5.73 Å². The fraction of sp³-hybridized carbons (Fsp3) is 1.00. The van der Waals surface area contributed by atoms with Crippen LogP contribution in [0.1, 0.15) is 39.5 Å². The second-order valence-corrected chi connectivity index (χ2v) is 3.36. The molecule has 0 aromatic carbocycles. The van der Waals surface area contributed by atoms with Gasteiger partial charge in [0.05, 0.1) is 0 Å². The van der Waals surface area contributed by atoms with E-state index in [4.69, 9.17) is 5.73 Å². The third-order valence-electron chi connectivity index (χ3n) is 3.02. The molecule has 1 saturated carbocycles. The van der Waals surface area contributed by atoms with Crippen LogP contribution in [0.3, 0.4) is 0 Å². The number of nitrogens with two attached hydrogens (primary N) is 1. The summed E-state index contributed by atoms with van der Waals surface area (Å²) in [6.07, 6.45) is 5.39. The monoisotopic (exact) mass is 127 g/mol. The van der Waals surface area contributed by atoms with Crippen molar-refractivity contribution in [1.29, 1.82) is 0 Å². The Labute approximate surface area is 57.6 Å². The highest BCUT2D eigenvalue weighted by atomic mass is 14.7. The molecule has 2 N–H and O–H groups in total. The molecule has 0 aromatic rings. The van der Waals surface area contributed by atoms with Crippen molar-refractivity contribution in [1.82, 2.24) is 0 Å². The summed E-state index contributed by atoms with van der Waals surface area (Å²) in [6, 6.07) is 0.413. The molecule has 0 saturated heterocycles. The standard InChI is InChI=1S/C8H17N/c1-3-8(7(2)9)5-4-6-8/h7H,3-6,9H2,1-2H3/t7-/m0/s1. The van der Waals surface area contributed by atoms with Gasteiger partial charge in [-0.05, 0) is 31.6 Å². The Morgan fingerprint density at radius 1 is 1.56 bits per heavy atom. The lowest BCUT2D eigenvalue weighted by Gasteiger charge is -2.44. The van der Waals surface area contributed by atoms with Gasteiger partial charge in [-0.1, -0.05) is 13.3 Å². The fourth-order valence-electron chi connectivity index (χ4n) is 1.76. The van der Waals surface area contributed by atoms with Gasteiger partial charge in [-0.15, -0.1) is 0 Å². The Bertz CT molecular complexity index is 87.2. The predicted molar refractivity (Wildman–Crippen MR) is 40.2 cm³/mol. The van der Waals surface area contributed by atoms with Crippen LogP contribution in [0.4, 0.5) is 0 Å². The molecule has 1 fully saturated rings. The highest BCUT2D eigenvalue weighted by Crippen LogP contribution is 2.45. The molecule has 1 nitrogen and oxygen atoms in total. The second kappa shape index (κ2) is 2.30. The quantitative estimate of drug-likeness (QED) is 0.602. The minimum absolute atomic E-state index is 0.413. The normalized spacial score (nSPS) is 27.0. The Kier molecular flexibility index (Phi) is 1.80. The second-order valence-electron chi connectivity index (χ2n) is 3.36. The molecular weight excluding hydrogens is 110 g/mol. The molecule has 1 aliphatic carbocycles. The minimum atomic E-state index is 0.413. The van der Waals surface area contributed by atoms with Crippen LogP contribution in [0.25, 0.3) is 0 Å². The van der Waals surface area contributed by atoms with Crippen molar-refractivity contribution >= 4 is 0 Å². The predicted octanol–water partition coefficient (Wildman–Crippen LogP) is 1.91. The molecule has 0 radical (unpaired) electrons. The molecule has 0 amide bonds. The first kappa shape index (κ1) is 7.07. The van der Waals surface area contributed by atoms with E-state index in [0.29, 0.717) is 11.5 Å². The Hall–Kier alpha value is -0.0400. The lowest BCUT2D eigenvalue weighted by atomic mass is 9.63. The summed E-state index contributed by atoms with van der Waals surface area (Å²) >= 11 is 0. The van der Waals surface area contributed by atoms with Gasteiger partial charge in [0.15, 0.2) is 0 Å². The first-order chi connectivity index (χ1) is 4.21. The topological polar surface area (TPSA) is 26.0 Å². The largest absolute Gasteiger partial charge is 0.327 e. The van der Waals surface area contributed by atoms with Gasteiger partial charge in [0, 0.05) is 6.04 Å². The zero-order valence-electron chi connectivity index (χ0n) is 6.48. The lowest BCUT2D eigenvalue weighted by Crippen LogP contribution is -2.44. The molecule has 0 spiro atoms. The van der Waals surface area contributed by atoms with Crippen molar-refractivity contribution in [2.75, 3.05) is 0 Å². The number of hydrogen-bond acceptors (Lipinski definition) is 1. The Morgan fingerprint density at radius 2 is 2.11 bits per heavy atom. The summed E-state index contributed by atoms with van der Waals surface area (Å²) < 4.78 is 0. The van der Waals surface area contributed by atoms with Crippen molar-refractivity contribution in [2.24, 2.45) is 11.1 Å². The average Bonchev–Trinajstić information content (AvgIpc) is 1.62. The van der Waals surface area contributed by atoms with Crippen LogP contribution in [-0.4, -0.2) is 6.04 Å². The molecule has 1 atom stereocenters. The van der Waals surface area contributed by atoms with Gasteiger partial charge in [0.25, 0.3) is 0 Å². The Morgan fingerprint density at radius 3 is 2.11 bits per heavy atom. The highest BCUT2D eigenvalue weighted by Gasteiger charge is 2.38. The van der Waals surface area contributed by atoms with Gasteiger partial charge in [-0.2, -0.15) is 0 Å². The smallest absolute Gasteiger partial charge is 0.00669 e. The van der Waals surface area contributed by atoms with Crippen LogP contribution in [0.15, 0.2) is 0 Å². The molecule has 9 heavy (non-hydrogen) atoms. The molecule has 54 valence electrons. The molecule has 1 heteroatoms. The maximum Gasteiger partial charge on any atom is 0.00669 e. The van der Waals surface area contributed by atoms with Crippen molar-refractivity contribution < 1.29 is 0 Å². The van der Waals surface area contributed by atoms with E-state index in [1.165, 1.54) is 25.7 Å². The summed E-state index contributed by atoms with van der Waals surface area (Å²) in [7, 11) is 0. The molecule has 0 aromatic heterocycles. The van der Waals surface area contributed by atoms with E-state index in [0.717, 1.165) is 0 Å². The average molecular weight is 127 g/mol.